The molecule has 1 aromatic carbocycles. The summed E-state index contributed by atoms with van der Waals surface area (Å²) in [5.41, 5.74) is 1.59. The molecule has 0 radical (unpaired) electrons. The lowest BCUT2D eigenvalue weighted by molar-refractivity contribution is 0.102. The van der Waals surface area contributed by atoms with Gasteiger partial charge < -0.3 is 10.6 Å². The lowest BCUT2D eigenvalue weighted by Gasteiger charge is -2.33. The van der Waals surface area contributed by atoms with E-state index in [2.05, 4.69) is 15.6 Å². The number of halogens is 1. The number of carbonyl (C=O) groups is 1. The molecule has 1 aliphatic rings. The number of carbonyl (C=O) groups excluding carboxylic acids is 1. The first-order chi connectivity index (χ1) is 11.2. The van der Waals surface area contributed by atoms with E-state index in [0.29, 0.717) is 17.8 Å². The molecule has 0 atom stereocenters. The molecule has 1 aromatic heterocycles. The van der Waals surface area contributed by atoms with Gasteiger partial charge in [-0.15, -0.1) is 0 Å². The van der Waals surface area contributed by atoms with E-state index in [0.717, 1.165) is 5.56 Å². The van der Waals surface area contributed by atoms with E-state index < -0.39 is 18.4 Å². The maximum absolute atomic E-state index is 13.6. The van der Waals surface area contributed by atoms with Crippen molar-refractivity contribution in [1.29, 1.82) is 0 Å². The summed E-state index contributed by atoms with van der Waals surface area (Å²) in [6.07, 6.45) is 1.62. The van der Waals surface area contributed by atoms with Crippen LogP contribution in [0.2, 0.25) is 0 Å². The van der Waals surface area contributed by atoms with Gasteiger partial charge in [0.25, 0.3) is 5.91 Å². The van der Waals surface area contributed by atoms with E-state index in [-0.39, 0.29) is 11.0 Å². The van der Waals surface area contributed by atoms with Crippen LogP contribution in [-0.4, -0.2) is 17.4 Å². The number of benzene rings is 1. The number of nitrogens with zero attached hydrogens (tertiary/aromatic N) is 1. The minimum Gasteiger partial charge on any atom is -0.385 e. The van der Waals surface area contributed by atoms with Gasteiger partial charge in [-0.05, 0) is 41.7 Å². The van der Waals surface area contributed by atoms with Gasteiger partial charge in [0.1, 0.15) is 0 Å². The SMILES string of the molecule is [2H]C1([2H])CC(C)(C)c2ccc(NC(=O)c3cccnc3F)cc2N1. The van der Waals surface area contributed by atoms with E-state index in [1.807, 2.05) is 19.9 Å². The van der Waals surface area contributed by atoms with Crippen molar-refractivity contribution in [2.24, 2.45) is 0 Å². The van der Waals surface area contributed by atoms with Crippen molar-refractivity contribution in [2.45, 2.75) is 25.7 Å². The molecule has 0 saturated carbocycles. The van der Waals surface area contributed by atoms with E-state index in [4.69, 9.17) is 2.74 Å². The van der Waals surface area contributed by atoms with Crippen LogP contribution in [0.5, 0.6) is 0 Å². The van der Waals surface area contributed by atoms with E-state index in [1.165, 1.54) is 18.3 Å². The average Bonchev–Trinajstić information content (AvgIpc) is 2.44. The van der Waals surface area contributed by atoms with Crippen molar-refractivity contribution >= 4 is 17.3 Å². The lowest BCUT2D eigenvalue weighted by atomic mass is 9.78. The number of pyridine rings is 1. The summed E-state index contributed by atoms with van der Waals surface area (Å²) in [6.45, 7) is 2.43. The van der Waals surface area contributed by atoms with Gasteiger partial charge in [-0.2, -0.15) is 4.39 Å². The van der Waals surface area contributed by atoms with E-state index >= 15 is 0 Å². The van der Waals surface area contributed by atoms with E-state index in [9.17, 15) is 9.18 Å². The molecule has 0 saturated heterocycles. The van der Waals surface area contributed by atoms with Crippen LogP contribution in [0.25, 0.3) is 0 Å². The standard InChI is InChI=1S/C17H18FN3O/c1-17(2)7-9-19-14-10-11(5-6-13(14)17)21-16(22)12-4-3-8-20-15(12)18/h3-6,8,10,19H,7,9H2,1-2H3,(H,21,22)/i9D2. The summed E-state index contributed by atoms with van der Waals surface area (Å²) in [4.78, 5) is 15.6. The topological polar surface area (TPSA) is 54.0 Å². The third kappa shape index (κ3) is 2.66. The molecule has 114 valence electrons. The van der Waals surface area contributed by atoms with Crippen LogP contribution < -0.4 is 10.6 Å². The van der Waals surface area contributed by atoms with Crippen LogP contribution in [0.3, 0.4) is 0 Å². The highest BCUT2D eigenvalue weighted by Gasteiger charge is 2.27. The Morgan fingerprint density at radius 2 is 2.27 bits per heavy atom. The average molecular weight is 301 g/mol. The zero-order valence-electron chi connectivity index (χ0n) is 14.4. The molecule has 1 amide bonds. The van der Waals surface area contributed by atoms with Crippen molar-refractivity contribution < 1.29 is 11.9 Å². The smallest absolute Gasteiger partial charge is 0.260 e. The van der Waals surface area contributed by atoms with Gasteiger partial charge in [0.05, 0.1) is 5.56 Å². The van der Waals surface area contributed by atoms with Crippen LogP contribution in [0, 0.1) is 5.95 Å². The second kappa shape index (κ2) is 5.40. The second-order valence-electron chi connectivity index (χ2n) is 5.92. The zero-order valence-corrected chi connectivity index (χ0v) is 12.4. The fraction of sp³-hybridized carbons (Fsp3) is 0.294. The molecule has 0 bridgehead atoms. The predicted molar refractivity (Wildman–Crippen MR) is 84.7 cm³/mol. The van der Waals surface area contributed by atoms with Crippen LogP contribution in [-0.2, 0) is 5.41 Å². The predicted octanol–water partition coefficient (Wildman–Crippen LogP) is 3.57. The molecular formula is C17H18FN3O. The first kappa shape index (κ1) is 12.1. The first-order valence-corrected chi connectivity index (χ1v) is 7.03. The molecule has 5 heteroatoms. The van der Waals surface area contributed by atoms with Crippen molar-refractivity contribution in [3.63, 3.8) is 0 Å². The van der Waals surface area contributed by atoms with Crippen molar-refractivity contribution in [1.82, 2.24) is 4.98 Å². The molecule has 1 aliphatic heterocycles. The van der Waals surface area contributed by atoms with Gasteiger partial charge in [-0.1, -0.05) is 19.9 Å². The number of hydrogen-bond acceptors (Lipinski definition) is 3. The summed E-state index contributed by atoms with van der Waals surface area (Å²) in [7, 11) is 0. The Bertz CT molecular complexity index is 808. The summed E-state index contributed by atoms with van der Waals surface area (Å²) >= 11 is 0. The second-order valence-corrected chi connectivity index (χ2v) is 5.92. The number of fused-ring (bicyclic) bond motifs is 1. The maximum atomic E-state index is 13.6. The van der Waals surface area contributed by atoms with Crippen LogP contribution >= 0.6 is 0 Å². The maximum Gasteiger partial charge on any atom is 0.260 e. The number of aromatic nitrogens is 1. The first-order valence-electron chi connectivity index (χ1n) is 8.03. The third-order valence-electron chi connectivity index (χ3n) is 3.76. The van der Waals surface area contributed by atoms with Gasteiger partial charge in [-0.3, -0.25) is 4.79 Å². The minimum absolute atomic E-state index is 0.140. The Kier molecular flexibility index (Phi) is 2.98. The van der Waals surface area contributed by atoms with Gasteiger partial charge in [0.2, 0.25) is 5.95 Å². The quantitative estimate of drug-likeness (QED) is 0.834. The van der Waals surface area contributed by atoms with Crippen LogP contribution in [0.4, 0.5) is 15.8 Å². The van der Waals surface area contributed by atoms with Gasteiger partial charge in [0, 0.05) is 26.8 Å². The molecule has 3 rings (SSSR count). The van der Waals surface area contributed by atoms with Crippen molar-refractivity contribution in [2.75, 3.05) is 17.1 Å². The number of nitrogens with one attached hydrogen (secondary N) is 2. The highest BCUT2D eigenvalue weighted by molar-refractivity contribution is 6.04. The lowest BCUT2D eigenvalue weighted by Crippen LogP contribution is -2.28. The Hall–Kier alpha value is -2.43. The Morgan fingerprint density at radius 1 is 1.45 bits per heavy atom. The molecule has 2 aromatic rings. The minimum atomic E-state index is -1.53. The molecule has 4 nitrogen and oxygen atoms in total. The Labute approximate surface area is 131 Å². The Balaban J connectivity index is 1.90. The fourth-order valence-electron chi connectivity index (χ4n) is 2.53. The van der Waals surface area contributed by atoms with Gasteiger partial charge in [0.15, 0.2) is 0 Å². The fourth-order valence-corrected chi connectivity index (χ4v) is 2.53. The number of anilines is 2. The zero-order chi connectivity index (χ0) is 17.5. The highest BCUT2D eigenvalue weighted by atomic mass is 19.1. The molecule has 22 heavy (non-hydrogen) atoms. The molecular weight excluding hydrogens is 281 g/mol. The third-order valence-corrected chi connectivity index (χ3v) is 3.76. The number of amides is 1. The summed E-state index contributed by atoms with van der Waals surface area (Å²) in [6, 6.07) is 8.10. The van der Waals surface area contributed by atoms with Crippen LogP contribution in [0.15, 0.2) is 36.5 Å². The molecule has 0 unspecified atom stereocenters. The van der Waals surface area contributed by atoms with Crippen LogP contribution in [0.1, 0.15) is 38.9 Å². The molecule has 0 fully saturated rings. The monoisotopic (exact) mass is 301 g/mol. The van der Waals surface area contributed by atoms with Crippen molar-refractivity contribution in [3.05, 3.63) is 53.6 Å². The molecule has 2 N–H and O–H groups in total. The van der Waals surface area contributed by atoms with E-state index in [1.54, 1.807) is 12.1 Å². The number of hydrogen-bond donors (Lipinski definition) is 2. The highest BCUT2D eigenvalue weighted by Crippen LogP contribution is 2.37. The van der Waals surface area contributed by atoms with Gasteiger partial charge >= 0.3 is 0 Å². The van der Waals surface area contributed by atoms with Gasteiger partial charge in [-0.25, -0.2) is 4.98 Å². The van der Waals surface area contributed by atoms with Crippen molar-refractivity contribution in [3.8, 4) is 0 Å². The summed E-state index contributed by atoms with van der Waals surface area (Å²) in [5, 5.41) is 5.47. The summed E-state index contributed by atoms with van der Waals surface area (Å²) < 4.78 is 29.6. The molecule has 0 aliphatic carbocycles. The molecule has 2 heterocycles. The molecule has 0 spiro atoms. The Morgan fingerprint density at radius 3 is 3.05 bits per heavy atom. The normalized spacial score (nSPS) is 19.2. The summed E-state index contributed by atoms with van der Waals surface area (Å²) in [5.74, 6) is -1.43. The number of rotatable bonds is 2. The largest absolute Gasteiger partial charge is 0.385 e.